The van der Waals surface area contributed by atoms with Crippen LogP contribution in [0.5, 0.6) is 11.5 Å². The van der Waals surface area contributed by atoms with Gasteiger partial charge in [0.1, 0.15) is 18.2 Å². The molecule has 0 atom stereocenters. The first-order chi connectivity index (χ1) is 15.8. The summed E-state index contributed by atoms with van der Waals surface area (Å²) in [5.74, 6) is 0.492. The fourth-order valence-electron chi connectivity index (χ4n) is 3.04. The Kier molecular flexibility index (Phi) is 8.00. The number of methoxy groups -OCH3 is 1. The van der Waals surface area contributed by atoms with Gasteiger partial charge in [0.15, 0.2) is 11.5 Å². The molecule has 0 aliphatic rings. The van der Waals surface area contributed by atoms with Gasteiger partial charge < -0.3 is 14.8 Å². The SMILES string of the molecule is COc1cc(/C=C(\C#N)C(=O)Nc2ccc(Cl)c(Cl)c2)ccc1OCc1ccc(C)c(C)c1. The van der Waals surface area contributed by atoms with Gasteiger partial charge in [0.2, 0.25) is 0 Å². The van der Waals surface area contributed by atoms with E-state index in [-0.39, 0.29) is 5.57 Å². The van der Waals surface area contributed by atoms with Gasteiger partial charge in [-0.05, 0) is 72.5 Å². The first-order valence-corrected chi connectivity index (χ1v) is 10.8. The lowest BCUT2D eigenvalue weighted by molar-refractivity contribution is -0.112. The zero-order valence-corrected chi connectivity index (χ0v) is 19.9. The van der Waals surface area contributed by atoms with E-state index in [1.807, 2.05) is 12.1 Å². The molecule has 0 aliphatic heterocycles. The molecule has 0 aromatic heterocycles. The van der Waals surface area contributed by atoms with E-state index >= 15 is 0 Å². The number of rotatable bonds is 7. The molecule has 5 nitrogen and oxygen atoms in total. The Morgan fingerprint density at radius 3 is 2.45 bits per heavy atom. The molecule has 168 valence electrons. The molecule has 0 fully saturated rings. The number of hydrogen-bond acceptors (Lipinski definition) is 4. The van der Waals surface area contributed by atoms with E-state index in [0.717, 1.165) is 5.56 Å². The van der Waals surface area contributed by atoms with Crippen LogP contribution in [0.3, 0.4) is 0 Å². The van der Waals surface area contributed by atoms with Crippen LogP contribution in [-0.2, 0) is 11.4 Å². The third-order valence-corrected chi connectivity index (χ3v) is 5.75. The summed E-state index contributed by atoms with van der Waals surface area (Å²) < 4.78 is 11.4. The minimum atomic E-state index is -0.565. The summed E-state index contributed by atoms with van der Waals surface area (Å²) in [6.45, 7) is 4.52. The lowest BCUT2D eigenvalue weighted by Crippen LogP contribution is -2.13. The van der Waals surface area contributed by atoms with Gasteiger partial charge >= 0.3 is 0 Å². The third-order valence-electron chi connectivity index (χ3n) is 5.01. The minimum absolute atomic E-state index is 0.0769. The van der Waals surface area contributed by atoms with Crippen molar-refractivity contribution in [1.29, 1.82) is 5.26 Å². The van der Waals surface area contributed by atoms with Gasteiger partial charge in [-0.1, -0.05) is 47.5 Å². The molecule has 3 rings (SSSR count). The number of halogens is 2. The van der Waals surface area contributed by atoms with E-state index < -0.39 is 5.91 Å². The Morgan fingerprint density at radius 2 is 1.79 bits per heavy atom. The van der Waals surface area contributed by atoms with E-state index in [9.17, 15) is 10.1 Å². The number of hydrogen-bond donors (Lipinski definition) is 1. The topological polar surface area (TPSA) is 71.3 Å². The molecule has 33 heavy (non-hydrogen) atoms. The zero-order chi connectivity index (χ0) is 24.0. The van der Waals surface area contributed by atoms with Crippen LogP contribution in [0.1, 0.15) is 22.3 Å². The first kappa shape index (κ1) is 24.2. The minimum Gasteiger partial charge on any atom is -0.493 e. The first-order valence-electron chi connectivity index (χ1n) is 10.1. The van der Waals surface area contributed by atoms with Crippen molar-refractivity contribution in [3.05, 3.63) is 92.5 Å². The molecule has 0 heterocycles. The van der Waals surface area contributed by atoms with E-state index in [4.69, 9.17) is 32.7 Å². The van der Waals surface area contributed by atoms with E-state index in [1.165, 1.54) is 30.4 Å². The van der Waals surface area contributed by atoms with Gasteiger partial charge in [0, 0.05) is 5.69 Å². The zero-order valence-electron chi connectivity index (χ0n) is 18.4. The van der Waals surface area contributed by atoms with Crippen molar-refractivity contribution in [2.24, 2.45) is 0 Å². The predicted molar refractivity (Wildman–Crippen MR) is 132 cm³/mol. The molecular weight excluding hydrogens is 459 g/mol. The molecule has 1 amide bonds. The van der Waals surface area contributed by atoms with Crippen LogP contribution in [0.2, 0.25) is 10.0 Å². The van der Waals surface area contributed by atoms with Crippen molar-refractivity contribution in [2.45, 2.75) is 20.5 Å². The fraction of sp³-hybridized carbons (Fsp3) is 0.154. The van der Waals surface area contributed by atoms with Gasteiger partial charge in [0.05, 0.1) is 17.2 Å². The summed E-state index contributed by atoms with van der Waals surface area (Å²) in [6, 6.07) is 18.0. The van der Waals surface area contributed by atoms with Crippen molar-refractivity contribution in [1.82, 2.24) is 0 Å². The molecule has 0 saturated carbocycles. The number of carbonyl (C=O) groups excluding carboxylic acids is 1. The van der Waals surface area contributed by atoms with Gasteiger partial charge in [0.25, 0.3) is 5.91 Å². The standard InChI is InChI=1S/C26H22Cl2N2O3/c1-16-4-5-19(10-17(16)2)15-33-24-9-6-18(12-25(24)32-3)11-20(14-29)26(31)30-21-7-8-22(27)23(28)13-21/h4-13H,15H2,1-3H3,(H,30,31)/b20-11+. The molecular formula is C26H22Cl2N2O3. The molecule has 3 aromatic rings. The average Bonchev–Trinajstić information content (AvgIpc) is 2.80. The number of ether oxygens (including phenoxy) is 2. The number of aryl methyl sites for hydroxylation is 2. The molecule has 0 spiro atoms. The number of anilines is 1. The highest BCUT2D eigenvalue weighted by Crippen LogP contribution is 2.30. The van der Waals surface area contributed by atoms with Crippen LogP contribution >= 0.6 is 23.2 Å². The maximum Gasteiger partial charge on any atom is 0.266 e. The Labute approximate surface area is 203 Å². The fourth-order valence-corrected chi connectivity index (χ4v) is 3.33. The summed E-state index contributed by atoms with van der Waals surface area (Å²) in [7, 11) is 1.54. The summed E-state index contributed by atoms with van der Waals surface area (Å²) in [5, 5.41) is 12.8. The van der Waals surface area contributed by atoms with Crippen LogP contribution < -0.4 is 14.8 Å². The van der Waals surface area contributed by atoms with E-state index in [1.54, 1.807) is 30.3 Å². The second-order valence-electron chi connectivity index (χ2n) is 7.37. The lowest BCUT2D eigenvalue weighted by Gasteiger charge is -2.12. The maximum atomic E-state index is 12.5. The number of amides is 1. The highest BCUT2D eigenvalue weighted by molar-refractivity contribution is 6.42. The highest BCUT2D eigenvalue weighted by Gasteiger charge is 2.12. The second-order valence-corrected chi connectivity index (χ2v) is 8.18. The molecule has 0 unspecified atom stereocenters. The number of benzene rings is 3. The summed E-state index contributed by atoms with van der Waals surface area (Å²) in [6.07, 6.45) is 1.47. The van der Waals surface area contributed by atoms with Gasteiger partial charge in [-0.25, -0.2) is 0 Å². The van der Waals surface area contributed by atoms with Gasteiger partial charge in [-0.3, -0.25) is 4.79 Å². The Hall–Kier alpha value is -3.46. The summed E-state index contributed by atoms with van der Waals surface area (Å²) >= 11 is 11.9. The Balaban J connectivity index is 1.75. The van der Waals surface area contributed by atoms with E-state index in [0.29, 0.717) is 39.4 Å². The summed E-state index contributed by atoms with van der Waals surface area (Å²) in [5.41, 5.74) is 4.45. The number of nitrogens with one attached hydrogen (secondary N) is 1. The van der Waals surface area contributed by atoms with Crippen molar-refractivity contribution in [2.75, 3.05) is 12.4 Å². The average molecular weight is 481 g/mol. The monoisotopic (exact) mass is 480 g/mol. The number of nitriles is 1. The quantitative estimate of drug-likeness (QED) is 0.300. The van der Waals surface area contributed by atoms with Crippen molar-refractivity contribution >= 4 is 40.9 Å². The Bertz CT molecular complexity index is 1260. The van der Waals surface area contributed by atoms with Gasteiger partial charge in [-0.2, -0.15) is 5.26 Å². The summed E-state index contributed by atoms with van der Waals surface area (Å²) in [4.78, 5) is 12.5. The van der Waals surface area contributed by atoms with Crippen molar-refractivity contribution < 1.29 is 14.3 Å². The maximum absolute atomic E-state index is 12.5. The van der Waals surface area contributed by atoms with Crippen LogP contribution in [0, 0.1) is 25.2 Å². The predicted octanol–water partition coefficient (Wildman–Crippen LogP) is 6.74. The second kappa shape index (κ2) is 10.9. The van der Waals surface area contributed by atoms with Crippen molar-refractivity contribution in [3.63, 3.8) is 0 Å². The van der Waals surface area contributed by atoms with Crippen LogP contribution in [0.4, 0.5) is 5.69 Å². The van der Waals surface area contributed by atoms with Crippen molar-refractivity contribution in [3.8, 4) is 17.6 Å². The molecule has 0 radical (unpaired) electrons. The van der Waals surface area contributed by atoms with E-state index in [2.05, 4.69) is 31.3 Å². The normalized spacial score (nSPS) is 11.0. The van der Waals surface area contributed by atoms with Gasteiger partial charge in [-0.15, -0.1) is 0 Å². The molecule has 1 N–H and O–H groups in total. The third kappa shape index (κ3) is 6.29. The Morgan fingerprint density at radius 1 is 1.00 bits per heavy atom. The number of carbonyl (C=O) groups is 1. The van der Waals surface area contributed by atoms with Crippen LogP contribution in [-0.4, -0.2) is 13.0 Å². The smallest absolute Gasteiger partial charge is 0.266 e. The lowest BCUT2D eigenvalue weighted by atomic mass is 10.1. The molecule has 0 bridgehead atoms. The largest absolute Gasteiger partial charge is 0.493 e. The molecule has 0 aliphatic carbocycles. The molecule has 3 aromatic carbocycles. The van der Waals surface area contributed by atoms with Crippen LogP contribution in [0.25, 0.3) is 6.08 Å². The number of nitrogens with zero attached hydrogens (tertiary/aromatic N) is 1. The molecule has 7 heteroatoms. The highest BCUT2D eigenvalue weighted by atomic mass is 35.5. The molecule has 0 saturated heterocycles. The van der Waals surface area contributed by atoms with Crippen LogP contribution in [0.15, 0.2) is 60.2 Å².